The molecule has 0 amide bonds. The van der Waals surface area contributed by atoms with Crippen molar-refractivity contribution in [3.05, 3.63) is 439 Å². The zero-order chi connectivity index (χ0) is 89.9. The van der Waals surface area contributed by atoms with Crippen LogP contribution in [0.15, 0.2) is 439 Å². The lowest BCUT2D eigenvalue weighted by Gasteiger charge is -2.08. The Kier molecular flexibility index (Phi) is 19.5. The van der Waals surface area contributed by atoms with Crippen LogP contribution in [0.4, 0.5) is 0 Å². The number of nitrogens with zero attached hydrogens (tertiary/aromatic N) is 24. The zero-order valence-electron chi connectivity index (χ0n) is 72.3. The predicted octanol–water partition coefficient (Wildman–Crippen LogP) is 23.9. The Bertz CT molecular complexity index is 8220. The van der Waals surface area contributed by atoms with Gasteiger partial charge in [0.2, 0.25) is 23.8 Å². The van der Waals surface area contributed by atoms with Crippen molar-refractivity contribution in [2.24, 2.45) is 0 Å². The Hall–Kier alpha value is -19.4. The third kappa shape index (κ3) is 13.4. The van der Waals surface area contributed by atoms with Gasteiger partial charge in [0.1, 0.15) is 23.3 Å². The van der Waals surface area contributed by atoms with Crippen LogP contribution in [0.3, 0.4) is 0 Å². The maximum absolute atomic E-state index is 5.19. The van der Waals surface area contributed by atoms with Crippen molar-refractivity contribution in [1.82, 2.24) is 116 Å². The van der Waals surface area contributed by atoms with E-state index < -0.39 is 0 Å². The van der Waals surface area contributed by atoms with Crippen molar-refractivity contribution >= 4 is 131 Å². The highest BCUT2D eigenvalue weighted by atomic mass is 15.2. The van der Waals surface area contributed by atoms with Crippen LogP contribution in [0, 0.1) is 0 Å². The summed E-state index contributed by atoms with van der Waals surface area (Å²) in [5.41, 5.74) is 24.8. The Morgan fingerprint density at radius 2 is 0.324 bits per heavy atom. The molecular formula is C112H72N24. The van der Waals surface area contributed by atoms with Crippen LogP contribution >= 0.6 is 0 Å². The minimum Gasteiger partial charge on any atom is -0.309 e. The number of fused-ring (bicyclic) bond motifs is 20. The number of aromatic nitrogens is 24. The molecule has 16 heterocycles. The average molecular weight is 1750 g/mol. The van der Waals surface area contributed by atoms with Gasteiger partial charge in [-0.25, -0.2) is 59.8 Å². The summed E-state index contributed by atoms with van der Waals surface area (Å²) in [5.74, 6) is 5.48. The van der Waals surface area contributed by atoms with Gasteiger partial charge >= 0.3 is 0 Å². The topological polar surface area (TPSA) is 246 Å². The van der Waals surface area contributed by atoms with Gasteiger partial charge in [0.25, 0.3) is 0 Å². The van der Waals surface area contributed by atoms with Gasteiger partial charge in [0.05, 0.1) is 88.3 Å². The standard InChI is InChI=1S/4C28H18N6/c4*1-2-7-20(8-3-1)33-22-10-5-4-9-21(22)25-23(33)11-12-24-26(25)32-27(19-13-17-29-18-14-19)34(24)28-30-15-6-16-31-28/h4*1-18H. The van der Waals surface area contributed by atoms with E-state index >= 15 is 0 Å². The first kappa shape index (κ1) is 78.9. The number of hydrogen-bond donors (Lipinski definition) is 0. The SMILES string of the molecule is c1ccc(-n2c3ccccc3c3c4nc(-c5ccncc5)n(-c5ncccn5)c4ccc32)cc1.c1ccc(-n2c3ccccc3c3c4nc(-c5ccncc5)n(-c5ncccn5)c4ccc32)cc1.c1ccc(-n2c3ccccc3c3c4nc(-c5ccncc5)n(-c5ncccn5)c4ccc32)cc1.c1ccc(-n2c3ccccc3c3c4nc(-c5ccncc5)n(-c5ncccn5)c4ccc32)cc1. The van der Waals surface area contributed by atoms with Crippen molar-refractivity contribution in [2.45, 2.75) is 0 Å². The molecule has 28 aromatic rings. The van der Waals surface area contributed by atoms with E-state index in [0.717, 1.165) is 200 Å². The molecule has 0 aliphatic rings. The van der Waals surface area contributed by atoms with E-state index in [2.05, 4.69) is 321 Å². The molecule has 0 bridgehead atoms. The molecule has 0 fully saturated rings. The Morgan fingerprint density at radius 3 is 0.529 bits per heavy atom. The van der Waals surface area contributed by atoms with E-state index in [4.69, 9.17) is 19.9 Å². The molecule has 0 saturated heterocycles. The zero-order valence-corrected chi connectivity index (χ0v) is 72.3. The maximum atomic E-state index is 5.19. The van der Waals surface area contributed by atoms with Crippen LogP contribution in [-0.4, -0.2) is 116 Å². The molecule has 24 nitrogen and oxygen atoms in total. The normalized spacial score (nSPS) is 11.5. The summed E-state index contributed by atoms with van der Waals surface area (Å²) < 4.78 is 17.3. The molecule has 28 rings (SSSR count). The van der Waals surface area contributed by atoms with E-state index in [1.54, 1.807) is 99.1 Å². The fourth-order valence-electron chi connectivity index (χ4n) is 19.0. The second-order valence-corrected chi connectivity index (χ2v) is 32.3. The number of pyridine rings is 4. The van der Waals surface area contributed by atoms with Crippen molar-refractivity contribution in [2.75, 3.05) is 0 Å². The molecule has 0 radical (unpaired) electrons. The highest BCUT2D eigenvalue weighted by Gasteiger charge is 2.29. The summed E-state index contributed by atoms with van der Waals surface area (Å²) in [5, 5.41) is 9.09. The molecule has 136 heavy (non-hydrogen) atoms. The molecule has 16 aromatic heterocycles. The van der Waals surface area contributed by atoms with Gasteiger partial charge in [-0.1, -0.05) is 146 Å². The first-order chi connectivity index (χ1) is 67.6. The van der Waals surface area contributed by atoms with Gasteiger partial charge in [0.15, 0.2) is 0 Å². The van der Waals surface area contributed by atoms with E-state index in [1.165, 1.54) is 0 Å². The van der Waals surface area contributed by atoms with Gasteiger partial charge in [-0.2, -0.15) is 0 Å². The van der Waals surface area contributed by atoms with Gasteiger partial charge in [-0.3, -0.25) is 38.2 Å². The monoisotopic (exact) mass is 1750 g/mol. The summed E-state index contributed by atoms with van der Waals surface area (Å²) in [6.45, 7) is 0. The fraction of sp³-hybridized carbons (Fsp3) is 0. The molecule has 0 N–H and O–H groups in total. The molecule has 12 aromatic carbocycles. The highest BCUT2D eigenvalue weighted by Crippen LogP contribution is 2.45. The number of imidazole rings is 4. The summed E-state index contributed by atoms with van der Waals surface area (Å²) in [6, 6.07) is 116. The van der Waals surface area contributed by atoms with Gasteiger partial charge in [0, 0.05) is 187 Å². The molecule has 640 valence electrons. The Balaban J connectivity index is 0.0000000965. The summed E-state index contributed by atoms with van der Waals surface area (Å²) in [6.07, 6.45) is 28.3. The minimum atomic E-state index is 0.586. The maximum Gasteiger partial charge on any atom is 0.235 e. The third-order valence-corrected chi connectivity index (χ3v) is 24.7. The van der Waals surface area contributed by atoms with E-state index in [-0.39, 0.29) is 0 Å². The number of hydrogen-bond acceptors (Lipinski definition) is 16. The molecular weight excluding hydrogens is 1680 g/mol. The van der Waals surface area contributed by atoms with Crippen LogP contribution < -0.4 is 0 Å². The lowest BCUT2D eigenvalue weighted by Crippen LogP contribution is -2.02. The molecule has 0 atom stereocenters. The lowest BCUT2D eigenvalue weighted by atomic mass is 10.1. The lowest BCUT2D eigenvalue weighted by molar-refractivity contribution is 0.955. The van der Waals surface area contributed by atoms with Crippen molar-refractivity contribution in [3.8, 4) is 92.1 Å². The number of benzene rings is 12. The average Bonchev–Trinajstić information content (AvgIpc) is 1.57. The van der Waals surface area contributed by atoms with Crippen molar-refractivity contribution < 1.29 is 0 Å². The van der Waals surface area contributed by atoms with Crippen molar-refractivity contribution in [1.29, 1.82) is 0 Å². The molecule has 0 saturated carbocycles. The second kappa shape index (κ2) is 33.6. The Morgan fingerprint density at radius 1 is 0.140 bits per heavy atom. The van der Waals surface area contributed by atoms with Crippen LogP contribution in [0.2, 0.25) is 0 Å². The molecule has 0 aliphatic heterocycles. The number of rotatable bonds is 12. The minimum absolute atomic E-state index is 0.586. The third-order valence-electron chi connectivity index (χ3n) is 24.7. The fourth-order valence-corrected chi connectivity index (χ4v) is 19.0. The van der Waals surface area contributed by atoms with E-state index in [9.17, 15) is 0 Å². The highest BCUT2D eigenvalue weighted by molar-refractivity contribution is 6.24. The quantitative estimate of drug-likeness (QED) is 0.110. The first-order valence-corrected chi connectivity index (χ1v) is 44.3. The van der Waals surface area contributed by atoms with Crippen LogP contribution in [0.25, 0.3) is 223 Å². The second-order valence-electron chi connectivity index (χ2n) is 32.3. The molecule has 0 unspecified atom stereocenters. The Labute approximate surface area is 773 Å². The van der Waals surface area contributed by atoms with Gasteiger partial charge < -0.3 is 18.3 Å². The van der Waals surface area contributed by atoms with E-state index in [0.29, 0.717) is 23.8 Å². The summed E-state index contributed by atoms with van der Waals surface area (Å²) in [4.78, 5) is 73.8. The van der Waals surface area contributed by atoms with Crippen LogP contribution in [0.1, 0.15) is 0 Å². The van der Waals surface area contributed by atoms with Crippen molar-refractivity contribution in [3.63, 3.8) is 0 Å². The van der Waals surface area contributed by atoms with E-state index in [1.807, 2.05) is 115 Å². The van der Waals surface area contributed by atoms with Crippen LogP contribution in [-0.2, 0) is 0 Å². The first-order valence-electron chi connectivity index (χ1n) is 44.3. The summed E-state index contributed by atoms with van der Waals surface area (Å²) >= 11 is 0. The molecule has 0 aliphatic carbocycles. The molecule has 24 heteroatoms. The van der Waals surface area contributed by atoms with Crippen LogP contribution in [0.5, 0.6) is 0 Å². The molecule has 0 spiro atoms. The number of para-hydroxylation sites is 8. The van der Waals surface area contributed by atoms with Gasteiger partial charge in [-0.15, -0.1) is 0 Å². The summed E-state index contributed by atoms with van der Waals surface area (Å²) in [7, 11) is 0. The van der Waals surface area contributed by atoms with Gasteiger partial charge in [-0.05, 0) is 194 Å². The largest absolute Gasteiger partial charge is 0.309 e. The predicted molar refractivity (Wildman–Crippen MR) is 537 cm³/mol. The smallest absolute Gasteiger partial charge is 0.235 e.